The summed E-state index contributed by atoms with van der Waals surface area (Å²) in [5, 5.41) is 11.4. The number of piperidine rings is 1. The van der Waals surface area contributed by atoms with E-state index in [9.17, 15) is 9.59 Å². The molecular weight excluding hydrogens is 326 g/mol. The van der Waals surface area contributed by atoms with Gasteiger partial charge in [-0.25, -0.2) is 0 Å². The first kappa shape index (κ1) is 18.4. The Morgan fingerprint density at radius 2 is 1.85 bits per heavy atom. The van der Waals surface area contributed by atoms with Gasteiger partial charge in [0.05, 0.1) is 0 Å². The van der Waals surface area contributed by atoms with E-state index in [1.165, 1.54) is 16.3 Å². The predicted octanol–water partition coefficient (Wildman–Crippen LogP) is 4.41. The minimum Gasteiger partial charge on any atom is -0.481 e. The number of carboxylic acids is 1. The first-order valence-corrected chi connectivity index (χ1v) is 9.62. The summed E-state index contributed by atoms with van der Waals surface area (Å²) in [5.41, 5.74) is 1.26. The number of carbonyl (C=O) groups excluding carboxylic acids is 1. The Morgan fingerprint density at radius 3 is 2.65 bits per heavy atom. The van der Waals surface area contributed by atoms with Crippen molar-refractivity contribution in [1.82, 2.24) is 4.90 Å². The van der Waals surface area contributed by atoms with Crippen molar-refractivity contribution in [3.63, 3.8) is 0 Å². The molecule has 2 aromatic rings. The molecule has 1 unspecified atom stereocenters. The maximum Gasteiger partial charge on any atom is 0.303 e. The second-order valence-corrected chi connectivity index (χ2v) is 7.20. The molecule has 1 amide bonds. The summed E-state index contributed by atoms with van der Waals surface area (Å²) in [7, 11) is 0. The molecule has 1 saturated heterocycles. The molecule has 1 heterocycles. The van der Waals surface area contributed by atoms with Crippen molar-refractivity contribution in [2.24, 2.45) is 0 Å². The number of rotatable bonds is 7. The lowest BCUT2D eigenvalue weighted by molar-refractivity contribution is -0.140. The van der Waals surface area contributed by atoms with Crippen molar-refractivity contribution in [2.75, 3.05) is 6.54 Å². The predicted molar refractivity (Wildman–Crippen MR) is 103 cm³/mol. The molecule has 26 heavy (non-hydrogen) atoms. The van der Waals surface area contributed by atoms with Crippen molar-refractivity contribution in [2.45, 2.75) is 57.4 Å². The molecule has 1 N–H and O–H groups in total. The van der Waals surface area contributed by atoms with Crippen LogP contribution in [0.2, 0.25) is 0 Å². The van der Waals surface area contributed by atoms with Crippen LogP contribution in [0.3, 0.4) is 0 Å². The zero-order chi connectivity index (χ0) is 18.4. The van der Waals surface area contributed by atoms with Gasteiger partial charge < -0.3 is 10.0 Å². The molecule has 138 valence electrons. The van der Waals surface area contributed by atoms with E-state index in [2.05, 4.69) is 30.3 Å². The maximum absolute atomic E-state index is 12.6. The number of carbonyl (C=O) groups is 2. The van der Waals surface area contributed by atoms with Crippen LogP contribution in [0.1, 0.15) is 50.5 Å². The van der Waals surface area contributed by atoms with Crippen LogP contribution in [0.5, 0.6) is 0 Å². The number of aryl methyl sites for hydroxylation is 1. The van der Waals surface area contributed by atoms with E-state index in [4.69, 9.17) is 5.11 Å². The molecule has 0 aromatic heterocycles. The van der Waals surface area contributed by atoms with E-state index in [-0.39, 0.29) is 18.4 Å². The first-order chi connectivity index (χ1) is 12.6. The van der Waals surface area contributed by atoms with Gasteiger partial charge in [-0.1, -0.05) is 42.5 Å². The summed E-state index contributed by atoms with van der Waals surface area (Å²) < 4.78 is 0. The van der Waals surface area contributed by atoms with Gasteiger partial charge in [-0.2, -0.15) is 0 Å². The van der Waals surface area contributed by atoms with Gasteiger partial charge in [-0.15, -0.1) is 0 Å². The molecule has 4 heteroatoms. The third kappa shape index (κ3) is 4.84. The molecule has 0 radical (unpaired) electrons. The number of fused-ring (bicyclic) bond motifs is 1. The van der Waals surface area contributed by atoms with E-state index >= 15 is 0 Å². The molecular formula is C22H27NO3. The van der Waals surface area contributed by atoms with Gasteiger partial charge in [0.25, 0.3) is 0 Å². The van der Waals surface area contributed by atoms with Gasteiger partial charge in [0, 0.05) is 25.4 Å². The fourth-order valence-corrected chi connectivity index (χ4v) is 3.90. The van der Waals surface area contributed by atoms with Crippen LogP contribution in [-0.4, -0.2) is 34.5 Å². The van der Waals surface area contributed by atoms with Gasteiger partial charge in [-0.3, -0.25) is 9.59 Å². The van der Waals surface area contributed by atoms with Crippen LogP contribution in [0.25, 0.3) is 10.8 Å². The summed E-state index contributed by atoms with van der Waals surface area (Å²) in [6.45, 7) is 0.777. The van der Waals surface area contributed by atoms with Gasteiger partial charge >= 0.3 is 5.97 Å². The topological polar surface area (TPSA) is 57.6 Å². The number of aliphatic carboxylic acids is 1. The highest BCUT2D eigenvalue weighted by molar-refractivity contribution is 5.83. The Balaban J connectivity index is 1.52. The molecule has 3 rings (SSSR count). The fourth-order valence-electron chi connectivity index (χ4n) is 3.90. The van der Waals surface area contributed by atoms with Crippen molar-refractivity contribution in [1.29, 1.82) is 0 Å². The van der Waals surface area contributed by atoms with Crippen LogP contribution in [0.15, 0.2) is 42.5 Å². The number of hydrogen-bond donors (Lipinski definition) is 1. The van der Waals surface area contributed by atoms with Crippen molar-refractivity contribution in [3.8, 4) is 0 Å². The standard InChI is InChI=1S/C22H27NO3/c24-21(23-15-4-3-9-20(23)13-14-22(25)26)10-5-6-17-11-12-18-7-1-2-8-19(18)16-17/h1-2,7-8,11-12,16,20H,3-6,9-10,13-15H2,(H,25,26). The summed E-state index contributed by atoms with van der Waals surface area (Å²) in [4.78, 5) is 25.4. The Hall–Kier alpha value is -2.36. The quantitative estimate of drug-likeness (QED) is 0.802. The van der Waals surface area contributed by atoms with E-state index in [0.29, 0.717) is 12.8 Å². The number of benzene rings is 2. The van der Waals surface area contributed by atoms with Gasteiger partial charge in [0.2, 0.25) is 5.91 Å². The Labute approximate surface area is 154 Å². The van der Waals surface area contributed by atoms with Crippen molar-refractivity contribution in [3.05, 3.63) is 48.0 Å². The number of carboxylic acid groups (broad SMARTS) is 1. The molecule has 1 aliphatic rings. The van der Waals surface area contributed by atoms with Gasteiger partial charge in [-0.05, 0) is 54.9 Å². The zero-order valence-electron chi connectivity index (χ0n) is 15.2. The summed E-state index contributed by atoms with van der Waals surface area (Å²) >= 11 is 0. The van der Waals surface area contributed by atoms with Crippen LogP contribution < -0.4 is 0 Å². The lowest BCUT2D eigenvalue weighted by atomic mass is 9.97. The average molecular weight is 353 g/mol. The third-order valence-corrected chi connectivity index (χ3v) is 5.31. The molecule has 1 aliphatic heterocycles. The molecule has 0 spiro atoms. The van der Waals surface area contributed by atoms with Crippen LogP contribution >= 0.6 is 0 Å². The largest absolute Gasteiger partial charge is 0.481 e. The van der Waals surface area contributed by atoms with E-state index in [0.717, 1.165) is 38.6 Å². The minimum absolute atomic E-state index is 0.105. The maximum atomic E-state index is 12.6. The third-order valence-electron chi connectivity index (χ3n) is 5.31. The number of hydrogen-bond acceptors (Lipinski definition) is 2. The minimum atomic E-state index is -0.778. The van der Waals surface area contributed by atoms with Gasteiger partial charge in [0.15, 0.2) is 0 Å². The Kier molecular flexibility index (Phi) is 6.26. The zero-order valence-corrected chi connectivity index (χ0v) is 15.2. The lowest BCUT2D eigenvalue weighted by Gasteiger charge is -2.35. The molecule has 1 fully saturated rings. The monoisotopic (exact) mass is 353 g/mol. The van der Waals surface area contributed by atoms with Crippen LogP contribution in [-0.2, 0) is 16.0 Å². The van der Waals surface area contributed by atoms with Crippen LogP contribution in [0.4, 0.5) is 0 Å². The number of likely N-dealkylation sites (tertiary alicyclic amines) is 1. The average Bonchev–Trinajstić information content (AvgIpc) is 2.66. The Morgan fingerprint density at radius 1 is 1.04 bits per heavy atom. The highest BCUT2D eigenvalue weighted by atomic mass is 16.4. The first-order valence-electron chi connectivity index (χ1n) is 9.62. The van der Waals surface area contributed by atoms with E-state index in [1.807, 2.05) is 17.0 Å². The highest BCUT2D eigenvalue weighted by Gasteiger charge is 2.26. The molecule has 2 aromatic carbocycles. The molecule has 4 nitrogen and oxygen atoms in total. The highest BCUT2D eigenvalue weighted by Crippen LogP contribution is 2.23. The van der Waals surface area contributed by atoms with Crippen molar-refractivity contribution >= 4 is 22.6 Å². The number of amides is 1. The lowest BCUT2D eigenvalue weighted by Crippen LogP contribution is -2.43. The molecule has 1 atom stereocenters. The molecule has 0 bridgehead atoms. The normalized spacial score (nSPS) is 17.4. The SMILES string of the molecule is O=C(O)CCC1CCCCN1C(=O)CCCc1ccc2ccccc2c1. The van der Waals surface area contributed by atoms with Crippen molar-refractivity contribution < 1.29 is 14.7 Å². The second-order valence-electron chi connectivity index (χ2n) is 7.20. The summed E-state index contributed by atoms with van der Waals surface area (Å²) in [5.74, 6) is -0.597. The molecule has 0 aliphatic carbocycles. The summed E-state index contributed by atoms with van der Waals surface area (Å²) in [6, 6.07) is 14.9. The smallest absolute Gasteiger partial charge is 0.303 e. The second kappa shape index (κ2) is 8.84. The van der Waals surface area contributed by atoms with Gasteiger partial charge in [0.1, 0.15) is 0 Å². The van der Waals surface area contributed by atoms with Crippen LogP contribution in [0, 0.1) is 0 Å². The fraction of sp³-hybridized carbons (Fsp3) is 0.455. The van der Waals surface area contributed by atoms with E-state index < -0.39 is 5.97 Å². The molecule has 0 saturated carbocycles. The Bertz CT molecular complexity index is 771. The van der Waals surface area contributed by atoms with E-state index in [1.54, 1.807) is 0 Å². The number of nitrogens with zero attached hydrogens (tertiary/aromatic N) is 1. The summed E-state index contributed by atoms with van der Waals surface area (Å²) in [6.07, 6.45) is 6.03.